The number of nitrogens with zero attached hydrogens (tertiary/aromatic N) is 9. The van der Waals surface area contributed by atoms with Crippen molar-refractivity contribution >= 4 is 79.9 Å². The number of hydrogen-bond acceptors (Lipinski definition) is 15. The Bertz CT molecular complexity index is 3120. The van der Waals surface area contributed by atoms with E-state index in [2.05, 4.69) is 132 Å². The molecule has 2 aliphatic rings. The van der Waals surface area contributed by atoms with Crippen LogP contribution in [0.15, 0.2) is 73.6 Å². The normalized spacial score (nSPS) is 16.2. The molecule has 6 aromatic rings. The summed E-state index contributed by atoms with van der Waals surface area (Å²) in [5.74, 6) is 32.1. The van der Waals surface area contributed by atoms with Gasteiger partial charge in [-0.1, -0.05) is 23.2 Å². The van der Waals surface area contributed by atoms with E-state index in [1.54, 1.807) is 24.8 Å². The highest BCUT2D eigenvalue weighted by Crippen LogP contribution is 2.30. The van der Waals surface area contributed by atoms with E-state index >= 15 is 0 Å². The van der Waals surface area contributed by atoms with Crippen molar-refractivity contribution in [1.82, 2.24) is 39.9 Å². The highest BCUT2D eigenvalue weighted by molar-refractivity contribution is 6.34. The third-order valence-electron chi connectivity index (χ3n) is 10.9. The summed E-state index contributed by atoms with van der Waals surface area (Å²) in [5.41, 5.74) is 7.52. The maximum atomic E-state index is 10.6. The molecule has 348 valence electrons. The first kappa shape index (κ1) is 50.6. The Morgan fingerprint density at radius 1 is 0.571 bits per heavy atom. The van der Waals surface area contributed by atoms with Gasteiger partial charge >= 0.3 is 5.69 Å². The van der Waals surface area contributed by atoms with Crippen LogP contribution in [0.3, 0.4) is 0 Å². The highest BCUT2D eigenvalue weighted by atomic mass is 35.5. The fourth-order valence-electron chi connectivity index (χ4n) is 7.36. The number of nitrogen functional groups attached to an aromatic ring is 1. The Hall–Kier alpha value is -8.82. The molecule has 6 N–H and O–H groups in total. The Kier molecular flexibility index (Phi) is 19.6. The molecule has 16 nitrogen and oxygen atoms in total. The molecule has 0 spiro atoms. The van der Waals surface area contributed by atoms with Crippen LogP contribution >= 0.6 is 23.2 Å². The van der Waals surface area contributed by atoms with E-state index in [0.717, 1.165) is 92.4 Å². The van der Waals surface area contributed by atoms with Gasteiger partial charge in [-0.3, -0.25) is 10.1 Å². The lowest BCUT2D eigenvalue weighted by Gasteiger charge is -2.29. The van der Waals surface area contributed by atoms with Crippen molar-refractivity contribution in [3.8, 4) is 83.9 Å². The maximum absolute atomic E-state index is 10.6. The van der Waals surface area contributed by atoms with Crippen LogP contribution in [-0.2, 0) is 0 Å². The topological polar surface area (TPSA) is 220 Å². The van der Waals surface area contributed by atoms with Gasteiger partial charge in [0.25, 0.3) is 0 Å². The summed E-state index contributed by atoms with van der Waals surface area (Å²) in [7, 11) is 0. The fraction of sp³-hybridized carbons (Fsp3) is 0.269. The van der Waals surface area contributed by atoms with Crippen LogP contribution < -0.4 is 27.0 Å². The van der Waals surface area contributed by atoms with Gasteiger partial charge in [-0.2, -0.15) is 0 Å². The minimum Gasteiger partial charge on any atom is -0.396 e. The standard InChI is InChI=1S/C19H20ClN7O2.C19H22ClN7.C14H2/c20-18-17-13(7-8-21-18)3-6-16(26-17)25-14-4-1-12(2-5-14)9-22-19-23-10-15(11-24-19)27(28)29;20-18-17-13(7-8-22-18)3-6-16(27-17)26-15-4-1-12(2-5-15)9-23-19-24-10-14(21)11-25-19;1-3-5-7-9-11-13-14-12-10-8-6-4-2/h3,6-8,10-12,14H,1-2,4-5,9H2,(H,25,26)(H,22,23,24);3,6-8,10-12,15H,1-2,4-5,9,21H2,(H,26,27)(H,23,24,25);1-2H. The average molecular weight is 968 g/mol. The van der Waals surface area contributed by atoms with Crippen LogP contribution in [0.5, 0.6) is 0 Å². The molecule has 0 saturated heterocycles. The molecule has 0 bridgehead atoms. The summed E-state index contributed by atoms with van der Waals surface area (Å²) >= 11 is 12.3. The molecular formula is C52H44Cl2N14O2. The monoisotopic (exact) mass is 966 g/mol. The van der Waals surface area contributed by atoms with Gasteiger partial charge < -0.3 is 27.0 Å². The van der Waals surface area contributed by atoms with E-state index < -0.39 is 4.92 Å². The predicted molar refractivity (Wildman–Crippen MR) is 276 cm³/mol. The predicted octanol–water partition coefficient (Wildman–Crippen LogP) is 8.07. The molecular weight excluding hydrogens is 924 g/mol. The molecule has 6 heterocycles. The number of halogens is 2. The summed E-state index contributed by atoms with van der Waals surface area (Å²) in [5, 5.41) is 27.0. The molecule has 6 aromatic heterocycles. The molecule has 0 amide bonds. The second-order valence-electron chi connectivity index (χ2n) is 15.6. The van der Waals surface area contributed by atoms with Crippen molar-refractivity contribution < 1.29 is 4.92 Å². The van der Waals surface area contributed by atoms with Crippen molar-refractivity contribution in [1.29, 1.82) is 0 Å². The van der Waals surface area contributed by atoms with Crippen LogP contribution in [0, 0.1) is 106 Å². The molecule has 18 heteroatoms. The first-order valence-electron chi connectivity index (χ1n) is 22.0. The van der Waals surface area contributed by atoms with Crippen LogP contribution in [-0.4, -0.2) is 70.0 Å². The largest absolute Gasteiger partial charge is 0.396 e. The number of nitro groups is 1. The smallest absolute Gasteiger partial charge is 0.305 e. The summed E-state index contributed by atoms with van der Waals surface area (Å²) in [4.78, 5) is 43.9. The van der Waals surface area contributed by atoms with Gasteiger partial charge in [-0.25, -0.2) is 39.9 Å². The van der Waals surface area contributed by atoms with Crippen molar-refractivity contribution in [3.63, 3.8) is 0 Å². The van der Waals surface area contributed by atoms with Crippen molar-refractivity contribution in [2.24, 2.45) is 11.8 Å². The van der Waals surface area contributed by atoms with Gasteiger partial charge in [-0.15, -0.1) is 12.8 Å². The molecule has 2 aliphatic carbocycles. The van der Waals surface area contributed by atoms with Crippen LogP contribution in [0.1, 0.15) is 51.4 Å². The van der Waals surface area contributed by atoms with Crippen LogP contribution in [0.25, 0.3) is 21.8 Å². The molecule has 0 aromatic carbocycles. The second kappa shape index (κ2) is 27.1. The lowest BCUT2D eigenvalue weighted by atomic mass is 9.86. The van der Waals surface area contributed by atoms with E-state index in [1.807, 2.05) is 36.4 Å². The van der Waals surface area contributed by atoms with E-state index in [0.29, 0.717) is 57.3 Å². The van der Waals surface area contributed by atoms with Gasteiger partial charge in [0.2, 0.25) is 11.9 Å². The number of anilines is 5. The van der Waals surface area contributed by atoms with E-state index in [1.165, 1.54) is 12.4 Å². The van der Waals surface area contributed by atoms with E-state index in [-0.39, 0.29) is 5.69 Å². The van der Waals surface area contributed by atoms with Crippen LogP contribution in [0.4, 0.5) is 34.9 Å². The van der Waals surface area contributed by atoms with Gasteiger partial charge in [-0.05, 0) is 171 Å². The van der Waals surface area contributed by atoms with Gasteiger partial charge in [0.15, 0.2) is 10.3 Å². The zero-order valence-electron chi connectivity index (χ0n) is 37.6. The number of terminal acetylenes is 2. The number of fused-ring (bicyclic) bond motifs is 2. The molecule has 2 saturated carbocycles. The van der Waals surface area contributed by atoms with Crippen molar-refractivity contribution in [2.75, 3.05) is 40.1 Å². The third-order valence-corrected chi connectivity index (χ3v) is 11.4. The number of aromatic nitrogens is 8. The van der Waals surface area contributed by atoms with Crippen LogP contribution in [0.2, 0.25) is 10.3 Å². The fourth-order valence-corrected chi connectivity index (χ4v) is 7.77. The Morgan fingerprint density at radius 3 is 1.34 bits per heavy atom. The molecule has 0 aliphatic heterocycles. The summed E-state index contributed by atoms with van der Waals surface area (Å²) in [6, 6.07) is 12.6. The highest BCUT2D eigenvalue weighted by Gasteiger charge is 2.23. The minimum absolute atomic E-state index is 0.110. The molecule has 0 radical (unpaired) electrons. The Morgan fingerprint density at radius 2 is 0.957 bits per heavy atom. The first-order chi connectivity index (χ1) is 34.2. The lowest BCUT2D eigenvalue weighted by Crippen LogP contribution is -2.29. The molecule has 70 heavy (non-hydrogen) atoms. The van der Waals surface area contributed by atoms with Gasteiger partial charge in [0.1, 0.15) is 35.1 Å². The summed E-state index contributed by atoms with van der Waals surface area (Å²) in [6.07, 6.45) is 27.5. The zero-order chi connectivity index (χ0) is 49.3. The number of nitrogens with one attached hydrogen (secondary N) is 4. The molecule has 0 atom stereocenters. The Balaban J connectivity index is 0.000000183. The minimum atomic E-state index is -0.507. The second-order valence-corrected chi connectivity index (χ2v) is 16.3. The quantitative estimate of drug-likeness (QED) is 0.0359. The van der Waals surface area contributed by atoms with E-state index in [9.17, 15) is 10.1 Å². The summed E-state index contributed by atoms with van der Waals surface area (Å²) < 4.78 is 0. The third kappa shape index (κ3) is 16.5. The summed E-state index contributed by atoms with van der Waals surface area (Å²) in [6.45, 7) is 1.63. The number of nitrogens with two attached hydrogens (primary N) is 1. The zero-order valence-corrected chi connectivity index (χ0v) is 39.1. The van der Waals surface area contributed by atoms with E-state index in [4.69, 9.17) is 41.8 Å². The Labute approximate surface area is 416 Å². The SMILES string of the molecule is C#CC#CC#CC#CC#CC#CC#C.Nc1cnc(NCC2CCC(Nc3ccc4ccnc(Cl)c4n3)CC2)nc1.O=[N+]([O-])c1cnc(NCC2CCC(Nc3ccc4ccnc(Cl)c4n3)CC2)nc1. The van der Waals surface area contributed by atoms with Gasteiger partial charge in [0, 0.05) is 48.3 Å². The molecule has 2 fully saturated rings. The maximum Gasteiger partial charge on any atom is 0.305 e. The number of hydrogen-bond donors (Lipinski definition) is 5. The van der Waals surface area contributed by atoms with Gasteiger partial charge in [0.05, 0.1) is 23.0 Å². The van der Waals surface area contributed by atoms with Crippen molar-refractivity contribution in [2.45, 2.75) is 63.5 Å². The first-order valence-corrected chi connectivity index (χ1v) is 22.7. The molecule has 8 rings (SSSR count). The molecule has 0 unspecified atom stereocenters. The number of pyridine rings is 4. The van der Waals surface area contributed by atoms with Crippen molar-refractivity contribution in [3.05, 3.63) is 94.0 Å². The lowest BCUT2D eigenvalue weighted by molar-refractivity contribution is -0.385. The number of rotatable bonds is 11. The average Bonchev–Trinajstić information content (AvgIpc) is 3.38.